The fourth-order valence-corrected chi connectivity index (χ4v) is 2.33. The summed E-state index contributed by atoms with van der Waals surface area (Å²) in [5.41, 5.74) is -0.644. The molecule has 1 aliphatic heterocycles. The molecule has 19 heavy (non-hydrogen) atoms. The van der Waals surface area contributed by atoms with Crippen molar-refractivity contribution >= 4 is 0 Å². The minimum absolute atomic E-state index is 0.145. The fourth-order valence-electron chi connectivity index (χ4n) is 2.33. The van der Waals surface area contributed by atoms with E-state index < -0.39 is 12.0 Å². The van der Waals surface area contributed by atoms with Gasteiger partial charge in [-0.15, -0.1) is 13.2 Å². The van der Waals surface area contributed by atoms with Gasteiger partial charge in [-0.3, -0.25) is 0 Å². The van der Waals surface area contributed by atoms with Crippen molar-refractivity contribution in [3.8, 4) is 5.75 Å². The van der Waals surface area contributed by atoms with Crippen LogP contribution in [-0.4, -0.2) is 30.2 Å². The zero-order valence-corrected chi connectivity index (χ0v) is 10.3. The van der Waals surface area contributed by atoms with E-state index >= 15 is 0 Å². The summed E-state index contributed by atoms with van der Waals surface area (Å²) in [4.78, 5) is 0. The highest BCUT2D eigenvalue weighted by molar-refractivity contribution is 5.34. The number of rotatable bonds is 3. The molecule has 6 heteroatoms. The largest absolute Gasteiger partial charge is 0.573 e. The predicted molar refractivity (Wildman–Crippen MR) is 63.9 cm³/mol. The SMILES string of the molecule is OC1(Cc2ccccc2OC(F)(F)F)CCCNC1. The minimum Gasteiger partial charge on any atom is -0.406 e. The van der Waals surface area contributed by atoms with Crippen LogP contribution in [0.5, 0.6) is 5.75 Å². The molecule has 0 saturated carbocycles. The lowest BCUT2D eigenvalue weighted by atomic mass is 9.87. The highest BCUT2D eigenvalue weighted by Gasteiger charge is 2.34. The van der Waals surface area contributed by atoms with Crippen molar-refractivity contribution in [2.45, 2.75) is 31.2 Å². The topological polar surface area (TPSA) is 41.5 Å². The first kappa shape index (κ1) is 14.1. The number of para-hydroxylation sites is 1. The highest BCUT2D eigenvalue weighted by Crippen LogP contribution is 2.30. The van der Waals surface area contributed by atoms with Crippen LogP contribution in [0, 0.1) is 0 Å². The van der Waals surface area contributed by atoms with E-state index in [1.165, 1.54) is 12.1 Å². The summed E-state index contributed by atoms with van der Waals surface area (Å²) in [6.45, 7) is 1.20. The summed E-state index contributed by atoms with van der Waals surface area (Å²) >= 11 is 0. The summed E-state index contributed by atoms with van der Waals surface area (Å²) in [5, 5.41) is 13.4. The highest BCUT2D eigenvalue weighted by atomic mass is 19.4. The third kappa shape index (κ3) is 4.11. The Morgan fingerprint density at radius 1 is 1.32 bits per heavy atom. The number of piperidine rings is 1. The van der Waals surface area contributed by atoms with E-state index in [0.29, 0.717) is 18.5 Å². The molecule has 2 rings (SSSR count). The molecule has 1 unspecified atom stereocenters. The number of alkyl halides is 3. The maximum Gasteiger partial charge on any atom is 0.573 e. The smallest absolute Gasteiger partial charge is 0.406 e. The number of hydrogen-bond acceptors (Lipinski definition) is 3. The van der Waals surface area contributed by atoms with E-state index in [1.807, 2.05) is 0 Å². The van der Waals surface area contributed by atoms with Crippen LogP contribution in [0.1, 0.15) is 18.4 Å². The van der Waals surface area contributed by atoms with Crippen molar-refractivity contribution in [3.63, 3.8) is 0 Å². The number of benzene rings is 1. The molecule has 1 heterocycles. The van der Waals surface area contributed by atoms with Crippen molar-refractivity contribution in [2.75, 3.05) is 13.1 Å². The second-order valence-corrected chi connectivity index (χ2v) is 4.84. The molecule has 1 aromatic carbocycles. The first-order chi connectivity index (χ1) is 8.88. The lowest BCUT2D eigenvalue weighted by molar-refractivity contribution is -0.275. The molecular weight excluding hydrogens is 259 g/mol. The Morgan fingerprint density at radius 2 is 2.05 bits per heavy atom. The third-order valence-electron chi connectivity index (χ3n) is 3.17. The van der Waals surface area contributed by atoms with Crippen LogP contribution in [0.15, 0.2) is 24.3 Å². The van der Waals surface area contributed by atoms with E-state index in [2.05, 4.69) is 10.1 Å². The van der Waals surface area contributed by atoms with Crippen LogP contribution in [0.4, 0.5) is 13.2 Å². The number of β-amino-alcohol motifs (C(OH)–C–C–N with tert-alkyl or cyclic N) is 1. The van der Waals surface area contributed by atoms with Gasteiger partial charge in [-0.25, -0.2) is 0 Å². The molecule has 1 aliphatic rings. The molecule has 1 atom stereocenters. The Labute approximate surface area is 109 Å². The van der Waals surface area contributed by atoms with E-state index in [-0.39, 0.29) is 12.2 Å². The Hall–Kier alpha value is -1.27. The molecule has 3 nitrogen and oxygen atoms in total. The molecular formula is C13H16F3NO2. The molecule has 0 spiro atoms. The number of aliphatic hydroxyl groups is 1. The average Bonchev–Trinajstić information content (AvgIpc) is 2.30. The minimum atomic E-state index is -4.72. The van der Waals surface area contributed by atoms with Gasteiger partial charge in [0.05, 0.1) is 5.60 Å². The first-order valence-electron chi connectivity index (χ1n) is 6.15. The second kappa shape index (κ2) is 5.38. The first-order valence-corrected chi connectivity index (χ1v) is 6.15. The molecule has 1 aromatic rings. The molecule has 1 saturated heterocycles. The van der Waals surface area contributed by atoms with Crippen molar-refractivity contribution < 1.29 is 23.0 Å². The van der Waals surface area contributed by atoms with Gasteiger partial charge in [0, 0.05) is 13.0 Å². The Bertz CT molecular complexity index is 428. The third-order valence-corrected chi connectivity index (χ3v) is 3.17. The number of hydrogen-bond donors (Lipinski definition) is 2. The van der Waals surface area contributed by atoms with Crippen molar-refractivity contribution in [1.29, 1.82) is 0 Å². The molecule has 2 N–H and O–H groups in total. The molecule has 106 valence electrons. The summed E-state index contributed by atoms with van der Waals surface area (Å²) in [7, 11) is 0. The molecule has 0 aromatic heterocycles. The maximum atomic E-state index is 12.3. The summed E-state index contributed by atoms with van der Waals surface area (Å²) in [6, 6.07) is 5.93. The van der Waals surface area contributed by atoms with E-state index in [1.54, 1.807) is 12.1 Å². The van der Waals surface area contributed by atoms with Crippen LogP contribution < -0.4 is 10.1 Å². The van der Waals surface area contributed by atoms with Crippen LogP contribution in [0.25, 0.3) is 0 Å². The zero-order chi connectivity index (χ0) is 13.9. The van der Waals surface area contributed by atoms with Crippen molar-refractivity contribution in [2.24, 2.45) is 0 Å². The second-order valence-electron chi connectivity index (χ2n) is 4.84. The van der Waals surface area contributed by atoms with Gasteiger partial charge in [0.25, 0.3) is 0 Å². The van der Waals surface area contributed by atoms with Crippen LogP contribution in [0.3, 0.4) is 0 Å². The monoisotopic (exact) mass is 275 g/mol. The standard InChI is InChI=1S/C13H16F3NO2/c14-13(15,16)19-11-5-2-1-4-10(11)8-12(18)6-3-7-17-9-12/h1-2,4-5,17-18H,3,6-9H2. The van der Waals surface area contributed by atoms with E-state index in [0.717, 1.165) is 13.0 Å². The van der Waals surface area contributed by atoms with Gasteiger partial charge in [-0.05, 0) is 31.0 Å². The normalized spacial score (nSPS) is 24.2. The van der Waals surface area contributed by atoms with Crippen LogP contribution >= 0.6 is 0 Å². The zero-order valence-electron chi connectivity index (χ0n) is 10.3. The summed E-state index contributed by atoms with van der Waals surface area (Å²) < 4.78 is 40.9. The lowest BCUT2D eigenvalue weighted by Crippen LogP contribution is -2.47. The summed E-state index contributed by atoms with van der Waals surface area (Å²) in [5.74, 6) is -0.242. The van der Waals surface area contributed by atoms with E-state index in [9.17, 15) is 18.3 Å². The quantitative estimate of drug-likeness (QED) is 0.889. The molecule has 0 amide bonds. The van der Waals surface area contributed by atoms with Crippen molar-refractivity contribution in [3.05, 3.63) is 29.8 Å². The lowest BCUT2D eigenvalue weighted by Gasteiger charge is -2.33. The Morgan fingerprint density at radius 3 is 2.68 bits per heavy atom. The van der Waals surface area contributed by atoms with Gasteiger partial charge in [0.1, 0.15) is 5.75 Å². The fraction of sp³-hybridized carbons (Fsp3) is 0.538. The number of nitrogens with one attached hydrogen (secondary N) is 1. The van der Waals surface area contributed by atoms with Crippen LogP contribution in [-0.2, 0) is 6.42 Å². The number of ether oxygens (including phenoxy) is 1. The van der Waals surface area contributed by atoms with Gasteiger partial charge in [-0.1, -0.05) is 18.2 Å². The molecule has 0 bridgehead atoms. The number of halogens is 3. The summed E-state index contributed by atoms with van der Waals surface area (Å²) in [6.07, 6.45) is -3.20. The van der Waals surface area contributed by atoms with Gasteiger partial charge in [-0.2, -0.15) is 0 Å². The molecule has 0 radical (unpaired) electrons. The van der Waals surface area contributed by atoms with Gasteiger partial charge in [0.15, 0.2) is 0 Å². The van der Waals surface area contributed by atoms with E-state index in [4.69, 9.17) is 0 Å². The van der Waals surface area contributed by atoms with Gasteiger partial charge < -0.3 is 15.2 Å². The maximum absolute atomic E-state index is 12.3. The Balaban J connectivity index is 2.15. The van der Waals surface area contributed by atoms with Crippen LogP contribution in [0.2, 0.25) is 0 Å². The molecule has 0 aliphatic carbocycles. The van der Waals surface area contributed by atoms with Gasteiger partial charge >= 0.3 is 6.36 Å². The average molecular weight is 275 g/mol. The van der Waals surface area contributed by atoms with Gasteiger partial charge in [0.2, 0.25) is 0 Å². The Kier molecular flexibility index (Phi) is 4.01. The predicted octanol–water partition coefficient (Wildman–Crippen LogP) is 2.24. The van der Waals surface area contributed by atoms with Crippen molar-refractivity contribution in [1.82, 2.24) is 5.32 Å². The molecule has 1 fully saturated rings.